The molecule has 2 aromatic carbocycles. The fourth-order valence-corrected chi connectivity index (χ4v) is 4.11. The van der Waals surface area contributed by atoms with E-state index in [0.717, 1.165) is 37.9 Å². The highest BCUT2D eigenvalue weighted by Crippen LogP contribution is 2.39. The van der Waals surface area contributed by atoms with Crippen LogP contribution in [0.2, 0.25) is 0 Å². The van der Waals surface area contributed by atoms with Crippen LogP contribution in [0.25, 0.3) is 0 Å². The predicted molar refractivity (Wildman–Crippen MR) is 110 cm³/mol. The molecule has 0 aliphatic heterocycles. The van der Waals surface area contributed by atoms with E-state index in [9.17, 15) is 0 Å². The third kappa shape index (κ3) is 4.91. The average molecular weight is 369 g/mol. The van der Waals surface area contributed by atoms with Gasteiger partial charge in [-0.3, -0.25) is 0 Å². The average Bonchev–Trinajstić information content (AvgIpc) is 2.67. The molecule has 0 N–H and O–H groups in total. The van der Waals surface area contributed by atoms with E-state index in [4.69, 9.17) is 14.2 Å². The highest BCUT2D eigenvalue weighted by Gasteiger charge is 2.27. The normalized spacial score (nSPS) is 16.8. The van der Waals surface area contributed by atoms with Crippen molar-refractivity contribution in [2.75, 3.05) is 20.8 Å². The number of benzene rings is 2. The fraction of sp³-hybridized carbons (Fsp3) is 0.500. The predicted octanol–water partition coefficient (Wildman–Crippen LogP) is 5.30. The number of fused-ring (bicyclic) bond motifs is 1. The minimum atomic E-state index is -0.361. The number of ether oxygens (including phenoxy) is 3. The second-order valence-electron chi connectivity index (χ2n) is 8.01. The van der Waals surface area contributed by atoms with E-state index in [0.29, 0.717) is 6.61 Å². The Morgan fingerprint density at radius 3 is 2.48 bits per heavy atom. The molecule has 0 fully saturated rings. The maximum absolute atomic E-state index is 6.43. The lowest BCUT2D eigenvalue weighted by Gasteiger charge is -2.31. The largest absolute Gasteiger partial charge is 0.485 e. The molecule has 0 saturated heterocycles. The Balaban J connectivity index is 1.94. The van der Waals surface area contributed by atoms with Gasteiger partial charge >= 0.3 is 0 Å². The number of rotatable bonds is 8. The van der Waals surface area contributed by atoms with Gasteiger partial charge in [0.15, 0.2) is 0 Å². The van der Waals surface area contributed by atoms with E-state index >= 15 is 0 Å². The first-order chi connectivity index (χ1) is 13.0. The molecular formula is C24H32O3. The molecular weight excluding hydrogens is 336 g/mol. The van der Waals surface area contributed by atoms with Crippen LogP contribution in [-0.2, 0) is 28.7 Å². The zero-order valence-electron chi connectivity index (χ0n) is 17.1. The Morgan fingerprint density at radius 2 is 1.78 bits per heavy atom. The van der Waals surface area contributed by atoms with Gasteiger partial charge in [0.2, 0.25) is 0 Å². The Bertz CT molecular complexity index is 737. The zero-order chi connectivity index (χ0) is 19.3. The summed E-state index contributed by atoms with van der Waals surface area (Å²) in [6.45, 7) is 4.71. The Morgan fingerprint density at radius 1 is 1.00 bits per heavy atom. The van der Waals surface area contributed by atoms with E-state index in [1.807, 2.05) is 7.11 Å². The molecule has 0 spiro atoms. The highest BCUT2D eigenvalue weighted by atomic mass is 16.5. The molecule has 2 aromatic rings. The monoisotopic (exact) mass is 368 g/mol. The summed E-state index contributed by atoms with van der Waals surface area (Å²) in [6, 6.07) is 15.0. The minimum absolute atomic E-state index is 0.199. The van der Waals surface area contributed by atoms with Crippen LogP contribution in [0.5, 0.6) is 5.75 Å². The first-order valence-electron chi connectivity index (χ1n) is 9.93. The maximum Gasteiger partial charge on any atom is 0.127 e. The summed E-state index contributed by atoms with van der Waals surface area (Å²) in [6.07, 6.45) is 5.54. The summed E-state index contributed by atoms with van der Waals surface area (Å²) in [5.41, 5.74) is 5.09. The summed E-state index contributed by atoms with van der Waals surface area (Å²) < 4.78 is 17.5. The minimum Gasteiger partial charge on any atom is -0.485 e. The molecule has 0 heterocycles. The van der Waals surface area contributed by atoms with Gasteiger partial charge in [0.25, 0.3) is 0 Å². The van der Waals surface area contributed by atoms with Crippen LogP contribution in [-0.4, -0.2) is 26.4 Å². The van der Waals surface area contributed by atoms with Crippen LogP contribution in [0, 0.1) is 0 Å². The van der Waals surface area contributed by atoms with Crippen molar-refractivity contribution in [2.24, 2.45) is 0 Å². The molecule has 1 atom stereocenters. The third-order valence-corrected chi connectivity index (χ3v) is 5.33. The summed E-state index contributed by atoms with van der Waals surface area (Å²) in [5, 5.41) is 0. The van der Waals surface area contributed by atoms with Crippen LogP contribution >= 0.6 is 0 Å². The van der Waals surface area contributed by atoms with Crippen LogP contribution in [0.1, 0.15) is 55.0 Å². The standard InChI is InChI=1S/C24H32O3/c1-24(2,17-25-3)27-23-16-15-20-19(11-8-12-22(20)26-4)21(23)14-13-18-9-6-5-7-10-18/h5-7,9-10,15-16,22H,8,11-14,17H2,1-4H3. The number of hydrogen-bond acceptors (Lipinski definition) is 3. The Kier molecular flexibility index (Phi) is 6.56. The summed E-state index contributed by atoms with van der Waals surface area (Å²) in [7, 11) is 3.53. The Labute approximate surface area is 163 Å². The van der Waals surface area contributed by atoms with Crippen molar-refractivity contribution in [3.63, 3.8) is 0 Å². The number of methoxy groups -OCH3 is 2. The fourth-order valence-electron chi connectivity index (χ4n) is 4.11. The molecule has 0 aromatic heterocycles. The van der Waals surface area contributed by atoms with Crippen LogP contribution in [0.3, 0.4) is 0 Å². The van der Waals surface area contributed by atoms with Crippen LogP contribution in [0.4, 0.5) is 0 Å². The van der Waals surface area contributed by atoms with Gasteiger partial charge in [0.1, 0.15) is 11.4 Å². The van der Waals surface area contributed by atoms with E-state index in [1.165, 1.54) is 22.3 Å². The van der Waals surface area contributed by atoms with Gasteiger partial charge < -0.3 is 14.2 Å². The van der Waals surface area contributed by atoms with Crippen molar-refractivity contribution in [1.29, 1.82) is 0 Å². The molecule has 27 heavy (non-hydrogen) atoms. The lowest BCUT2D eigenvalue weighted by atomic mass is 9.84. The lowest BCUT2D eigenvalue weighted by molar-refractivity contribution is 0.0172. The van der Waals surface area contributed by atoms with Crippen molar-refractivity contribution in [3.8, 4) is 5.75 Å². The van der Waals surface area contributed by atoms with Gasteiger partial charge in [-0.25, -0.2) is 0 Å². The van der Waals surface area contributed by atoms with Gasteiger partial charge in [0.05, 0.1) is 12.7 Å². The lowest BCUT2D eigenvalue weighted by Crippen LogP contribution is -2.34. The second kappa shape index (κ2) is 8.90. The van der Waals surface area contributed by atoms with E-state index in [2.05, 4.69) is 56.3 Å². The van der Waals surface area contributed by atoms with Gasteiger partial charge in [-0.2, -0.15) is 0 Å². The van der Waals surface area contributed by atoms with E-state index in [-0.39, 0.29) is 11.7 Å². The molecule has 0 bridgehead atoms. The van der Waals surface area contributed by atoms with Crippen molar-refractivity contribution < 1.29 is 14.2 Å². The van der Waals surface area contributed by atoms with Crippen LogP contribution in [0.15, 0.2) is 42.5 Å². The summed E-state index contributed by atoms with van der Waals surface area (Å²) >= 11 is 0. The molecule has 3 heteroatoms. The maximum atomic E-state index is 6.43. The molecule has 0 radical (unpaired) electrons. The highest BCUT2D eigenvalue weighted by molar-refractivity contribution is 5.48. The zero-order valence-corrected chi connectivity index (χ0v) is 17.1. The van der Waals surface area contributed by atoms with Crippen molar-refractivity contribution >= 4 is 0 Å². The first kappa shape index (κ1) is 19.9. The van der Waals surface area contributed by atoms with Crippen molar-refractivity contribution in [3.05, 3.63) is 64.7 Å². The van der Waals surface area contributed by atoms with Gasteiger partial charge in [-0.15, -0.1) is 0 Å². The molecule has 146 valence electrons. The van der Waals surface area contributed by atoms with Gasteiger partial charge in [-0.05, 0) is 74.3 Å². The number of aryl methyl sites for hydroxylation is 1. The van der Waals surface area contributed by atoms with Crippen LogP contribution < -0.4 is 4.74 Å². The summed E-state index contributed by atoms with van der Waals surface area (Å²) in [4.78, 5) is 0. The summed E-state index contributed by atoms with van der Waals surface area (Å²) in [5.74, 6) is 0.989. The molecule has 3 rings (SSSR count). The van der Waals surface area contributed by atoms with E-state index in [1.54, 1.807) is 7.11 Å². The van der Waals surface area contributed by atoms with Crippen molar-refractivity contribution in [2.45, 2.75) is 57.7 Å². The Hall–Kier alpha value is -1.84. The smallest absolute Gasteiger partial charge is 0.127 e. The van der Waals surface area contributed by atoms with Gasteiger partial charge in [-0.1, -0.05) is 36.4 Å². The first-order valence-corrected chi connectivity index (χ1v) is 9.93. The molecule has 1 aliphatic carbocycles. The molecule has 0 amide bonds. The SMILES string of the molecule is COCC(C)(C)Oc1ccc2c(c1CCc1ccccc1)CCCC2OC. The number of hydrogen-bond donors (Lipinski definition) is 0. The molecule has 1 aliphatic rings. The van der Waals surface area contributed by atoms with Gasteiger partial charge in [0, 0.05) is 14.2 Å². The topological polar surface area (TPSA) is 27.7 Å². The van der Waals surface area contributed by atoms with Crippen molar-refractivity contribution in [1.82, 2.24) is 0 Å². The molecule has 0 saturated carbocycles. The second-order valence-corrected chi connectivity index (χ2v) is 8.01. The molecule has 1 unspecified atom stereocenters. The van der Waals surface area contributed by atoms with E-state index < -0.39 is 0 Å². The quantitative estimate of drug-likeness (QED) is 0.633. The third-order valence-electron chi connectivity index (χ3n) is 5.33. The molecule has 3 nitrogen and oxygen atoms in total.